The van der Waals surface area contributed by atoms with E-state index in [1.54, 1.807) is 12.1 Å². The van der Waals surface area contributed by atoms with Crippen molar-refractivity contribution in [1.82, 2.24) is 24.9 Å². The number of nitrogens with zero attached hydrogens (tertiary/aromatic N) is 5. The van der Waals surface area contributed by atoms with Gasteiger partial charge in [-0.1, -0.05) is 12.1 Å². The average molecular weight is 629 g/mol. The molecule has 3 aliphatic heterocycles. The predicted octanol–water partition coefficient (Wildman–Crippen LogP) is 3.22. The first-order chi connectivity index (χ1) is 19.4. The molecule has 6 rings (SSSR count). The molecule has 2 saturated heterocycles. The number of carbonyl (C=O) groups is 1. The van der Waals surface area contributed by atoms with Crippen LogP contribution in [0.3, 0.4) is 0 Å². The second-order valence-corrected chi connectivity index (χ2v) is 12.9. The summed E-state index contributed by atoms with van der Waals surface area (Å²) in [5, 5.41) is 8.17. The Balaban J connectivity index is 0.991. The van der Waals surface area contributed by atoms with Gasteiger partial charge in [-0.15, -0.1) is 5.10 Å². The minimum atomic E-state index is -3.81. The first-order valence-electron chi connectivity index (χ1n) is 13.4. The predicted molar refractivity (Wildman–Crippen MR) is 150 cm³/mol. The number of sulfone groups is 1. The van der Waals surface area contributed by atoms with E-state index < -0.39 is 9.84 Å². The Hall–Kier alpha value is -3.06. The molecule has 0 atom stereocenters. The van der Waals surface area contributed by atoms with Gasteiger partial charge >= 0.3 is 0 Å². The van der Waals surface area contributed by atoms with E-state index in [0.29, 0.717) is 24.1 Å². The van der Waals surface area contributed by atoms with Crippen molar-refractivity contribution >= 4 is 31.7 Å². The van der Waals surface area contributed by atoms with Crippen LogP contribution in [0, 0.1) is 0 Å². The van der Waals surface area contributed by atoms with E-state index in [9.17, 15) is 13.2 Å². The van der Waals surface area contributed by atoms with Crippen molar-refractivity contribution < 1.29 is 22.7 Å². The molecule has 10 nitrogen and oxygen atoms in total. The summed E-state index contributed by atoms with van der Waals surface area (Å²) in [4.78, 5) is 19.8. The van der Waals surface area contributed by atoms with Crippen LogP contribution in [0.4, 0.5) is 0 Å². The molecule has 210 valence electrons. The van der Waals surface area contributed by atoms with Crippen LogP contribution in [0.1, 0.15) is 28.9 Å². The number of aromatic nitrogens is 2. The molecule has 0 unspecified atom stereocenters. The van der Waals surface area contributed by atoms with Crippen molar-refractivity contribution in [3.05, 3.63) is 70.3 Å². The molecule has 12 heteroatoms. The Labute approximate surface area is 241 Å². The molecule has 3 aromatic rings. The monoisotopic (exact) mass is 627 g/mol. The fraction of sp³-hybridized carbons (Fsp3) is 0.393. The summed E-state index contributed by atoms with van der Waals surface area (Å²) in [6, 6.07) is 15.8. The van der Waals surface area contributed by atoms with E-state index in [-0.39, 0.29) is 22.6 Å². The maximum absolute atomic E-state index is 13.0. The molecule has 0 spiro atoms. The number of halogens is 1. The molecular weight excluding hydrogens is 598 g/mol. The lowest BCUT2D eigenvalue weighted by atomic mass is 10.0. The van der Waals surface area contributed by atoms with Gasteiger partial charge in [-0.3, -0.25) is 14.6 Å². The van der Waals surface area contributed by atoms with Crippen LogP contribution in [0.25, 0.3) is 0 Å². The normalized spacial score (nSPS) is 18.7. The Morgan fingerprint density at radius 2 is 1.65 bits per heavy atom. The van der Waals surface area contributed by atoms with Gasteiger partial charge in [-0.25, -0.2) is 8.42 Å². The summed E-state index contributed by atoms with van der Waals surface area (Å²) in [7, 11) is -3.81. The number of amides is 1. The first kappa shape index (κ1) is 27.1. The van der Waals surface area contributed by atoms with Crippen LogP contribution in [-0.4, -0.2) is 91.3 Å². The molecule has 40 heavy (non-hydrogen) atoms. The minimum Gasteiger partial charge on any atom is -0.454 e. The van der Waals surface area contributed by atoms with Crippen LogP contribution in [-0.2, 0) is 16.4 Å². The Kier molecular flexibility index (Phi) is 7.76. The second-order valence-electron chi connectivity index (χ2n) is 10.2. The summed E-state index contributed by atoms with van der Waals surface area (Å²) in [5.41, 5.74) is 1.45. The molecule has 0 radical (unpaired) electrons. The van der Waals surface area contributed by atoms with Gasteiger partial charge in [-0.2, -0.15) is 5.10 Å². The largest absolute Gasteiger partial charge is 0.454 e. The average Bonchev–Trinajstić information content (AvgIpc) is 3.46. The van der Waals surface area contributed by atoms with Crippen molar-refractivity contribution in [3.63, 3.8) is 0 Å². The summed E-state index contributed by atoms with van der Waals surface area (Å²) in [6.45, 7) is 5.92. The Bertz CT molecular complexity index is 1490. The molecule has 3 aliphatic rings. The maximum atomic E-state index is 13.0. The van der Waals surface area contributed by atoms with Gasteiger partial charge in [0.2, 0.25) is 16.6 Å². The highest BCUT2D eigenvalue weighted by molar-refractivity contribution is 9.10. The molecule has 1 amide bonds. The molecule has 0 bridgehead atoms. The minimum absolute atomic E-state index is 0.0783. The highest BCUT2D eigenvalue weighted by Gasteiger charge is 2.30. The van der Waals surface area contributed by atoms with Gasteiger partial charge in [-0.05, 0) is 65.2 Å². The number of piperazine rings is 1. The van der Waals surface area contributed by atoms with E-state index >= 15 is 0 Å². The van der Waals surface area contributed by atoms with Gasteiger partial charge in [0, 0.05) is 62.4 Å². The van der Waals surface area contributed by atoms with E-state index in [4.69, 9.17) is 9.47 Å². The summed E-state index contributed by atoms with van der Waals surface area (Å²) in [6.07, 6.45) is 1.95. The number of carbonyl (C=O) groups excluding carboxylic acids is 1. The summed E-state index contributed by atoms with van der Waals surface area (Å²) in [5.74, 6) is 1.02. The fourth-order valence-electron chi connectivity index (χ4n) is 5.49. The van der Waals surface area contributed by atoms with Gasteiger partial charge in [0.1, 0.15) is 0 Å². The highest BCUT2D eigenvalue weighted by atomic mass is 79.9. The highest BCUT2D eigenvalue weighted by Crippen LogP contribution is 2.35. The maximum Gasteiger partial charge on any atom is 0.254 e. The van der Waals surface area contributed by atoms with E-state index in [2.05, 4.69) is 35.9 Å². The van der Waals surface area contributed by atoms with Crippen molar-refractivity contribution in [1.29, 1.82) is 0 Å². The third kappa shape index (κ3) is 5.58. The van der Waals surface area contributed by atoms with Crippen LogP contribution in [0.5, 0.6) is 11.5 Å². The number of hydrogen-bond donors (Lipinski definition) is 0. The lowest BCUT2D eigenvalue weighted by Gasteiger charge is -2.42. The lowest BCUT2D eigenvalue weighted by molar-refractivity contribution is 0.0465. The van der Waals surface area contributed by atoms with Crippen LogP contribution < -0.4 is 9.47 Å². The Morgan fingerprint density at radius 3 is 2.38 bits per heavy atom. The van der Waals surface area contributed by atoms with Crippen molar-refractivity contribution in [2.24, 2.45) is 0 Å². The van der Waals surface area contributed by atoms with Gasteiger partial charge in [0.25, 0.3) is 5.91 Å². The molecule has 0 N–H and O–H groups in total. The number of fused-ring (bicyclic) bond motifs is 1. The van der Waals surface area contributed by atoms with Crippen molar-refractivity contribution in [2.45, 2.75) is 35.3 Å². The first-order valence-corrected chi connectivity index (χ1v) is 15.6. The molecule has 2 fully saturated rings. The molecule has 4 heterocycles. The molecule has 1 aromatic heterocycles. The topological polar surface area (TPSA) is 105 Å². The zero-order valence-electron chi connectivity index (χ0n) is 21.9. The number of likely N-dealkylation sites (tertiary alicyclic amines) is 1. The van der Waals surface area contributed by atoms with Crippen LogP contribution in [0.15, 0.2) is 69.0 Å². The van der Waals surface area contributed by atoms with Crippen molar-refractivity contribution in [3.8, 4) is 11.5 Å². The summed E-state index contributed by atoms with van der Waals surface area (Å²) >= 11 is 3.49. The van der Waals surface area contributed by atoms with Crippen LogP contribution in [0.2, 0.25) is 0 Å². The zero-order chi connectivity index (χ0) is 27.7. The third-order valence-corrected chi connectivity index (χ3v) is 10.1. The quantitative estimate of drug-likeness (QED) is 0.407. The van der Waals surface area contributed by atoms with Crippen LogP contribution >= 0.6 is 15.9 Å². The number of hydrogen-bond acceptors (Lipinski definition) is 9. The van der Waals surface area contributed by atoms with Gasteiger partial charge in [0.15, 0.2) is 16.5 Å². The number of rotatable bonds is 6. The summed E-state index contributed by atoms with van der Waals surface area (Å²) < 4.78 is 37.5. The molecule has 2 aromatic carbocycles. The molecule has 0 saturated carbocycles. The number of ether oxygens (including phenoxy) is 2. The number of piperidine rings is 1. The SMILES string of the molecule is O=C(c1ccccc1Br)N1CCC(N2CCN(Cc3ccc(S(=O)(=O)c4ccc5c(c4)OCO5)nn3)CC2)CC1. The van der Waals surface area contributed by atoms with Gasteiger partial charge < -0.3 is 14.4 Å². The smallest absolute Gasteiger partial charge is 0.254 e. The lowest BCUT2D eigenvalue weighted by Crippen LogP contribution is -2.53. The zero-order valence-corrected chi connectivity index (χ0v) is 24.3. The van der Waals surface area contributed by atoms with E-state index in [0.717, 1.165) is 67.8 Å². The van der Waals surface area contributed by atoms with Crippen molar-refractivity contribution in [2.75, 3.05) is 46.1 Å². The molecular formula is C28H30BrN5O5S. The standard InChI is InChI=1S/C28H30BrN5O5S/c29-24-4-2-1-3-23(24)28(35)34-11-9-21(10-12-34)33-15-13-32(14-16-33)18-20-5-8-27(31-30-20)40(36,37)22-6-7-25-26(17-22)39-19-38-25/h1-8,17,21H,9-16,18-19H2. The van der Waals surface area contributed by atoms with E-state index in [1.807, 2.05) is 29.2 Å². The molecule has 0 aliphatic carbocycles. The van der Waals surface area contributed by atoms with E-state index in [1.165, 1.54) is 18.2 Å². The number of benzene rings is 2. The second kappa shape index (κ2) is 11.4. The third-order valence-electron chi connectivity index (χ3n) is 7.79. The fourth-order valence-corrected chi connectivity index (χ4v) is 7.10. The van der Waals surface area contributed by atoms with Gasteiger partial charge in [0.05, 0.1) is 16.2 Å². The Morgan fingerprint density at radius 1 is 0.900 bits per heavy atom.